The van der Waals surface area contributed by atoms with Crippen LogP contribution in [0.5, 0.6) is 0 Å². The van der Waals surface area contributed by atoms with Gasteiger partial charge in [-0.15, -0.1) is 23.5 Å². The van der Waals surface area contributed by atoms with Crippen LogP contribution in [-0.4, -0.2) is 42.6 Å². The number of aromatic nitrogens is 1. The van der Waals surface area contributed by atoms with Gasteiger partial charge < -0.3 is 13.9 Å². The smallest absolute Gasteiger partial charge is 0.306 e. The number of fused-ring (bicyclic) bond motifs is 1. The number of oxazole rings is 1. The lowest BCUT2D eigenvalue weighted by Crippen LogP contribution is -2.04. The largest absolute Gasteiger partial charge is 0.469 e. The number of esters is 2. The minimum absolute atomic E-state index is 0.0547. The Kier molecular flexibility index (Phi) is 9.72. The molecule has 0 aliphatic carbocycles. The Morgan fingerprint density at radius 2 is 1.73 bits per heavy atom. The molecule has 3 aromatic rings. The van der Waals surface area contributed by atoms with Gasteiger partial charge in [-0.25, -0.2) is 4.98 Å². The van der Waals surface area contributed by atoms with Gasteiger partial charge in [-0.05, 0) is 41.5 Å². The van der Waals surface area contributed by atoms with Crippen LogP contribution in [0, 0.1) is 0 Å². The lowest BCUT2D eigenvalue weighted by molar-refractivity contribution is -0.140. The first-order valence-corrected chi connectivity index (χ1v) is 12.7. The van der Waals surface area contributed by atoms with E-state index in [9.17, 15) is 9.59 Å². The molecular weight excluding hydrogens is 482 g/mol. The van der Waals surface area contributed by atoms with Crippen molar-refractivity contribution in [3.05, 3.63) is 64.5 Å². The molecule has 0 atom stereocenters. The molecule has 33 heavy (non-hydrogen) atoms. The van der Waals surface area contributed by atoms with E-state index >= 15 is 0 Å². The van der Waals surface area contributed by atoms with Crippen molar-refractivity contribution in [2.45, 2.75) is 17.4 Å². The van der Waals surface area contributed by atoms with Crippen LogP contribution in [0.2, 0.25) is 5.02 Å². The van der Waals surface area contributed by atoms with E-state index in [4.69, 9.17) is 25.5 Å². The van der Waals surface area contributed by atoms with E-state index in [1.807, 2.05) is 30.4 Å². The third-order valence-electron chi connectivity index (χ3n) is 4.57. The van der Waals surface area contributed by atoms with Gasteiger partial charge in [0, 0.05) is 22.6 Å². The highest BCUT2D eigenvalue weighted by molar-refractivity contribution is 8.16. The summed E-state index contributed by atoms with van der Waals surface area (Å²) in [7, 11) is 2.77. The minimum Gasteiger partial charge on any atom is -0.469 e. The molecule has 9 heteroatoms. The highest BCUT2D eigenvalue weighted by atomic mass is 35.5. The van der Waals surface area contributed by atoms with Crippen LogP contribution < -0.4 is 0 Å². The number of ether oxygens (including phenoxy) is 2. The van der Waals surface area contributed by atoms with E-state index in [0.717, 1.165) is 11.1 Å². The van der Waals surface area contributed by atoms with Gasteiger partial charge in [0.2, 0.25) is 5.89 Å². The predicted octanol–water partition coefficient (Wildman–Crippen LogP) is 6.24. The number of halogens is 1. The summed E-state index contributed by atoms with van der Waals surface area (Å²) >= 11 is 9.31. The first-order chi connectivity index (χ1) is 16.0. The standard InChI is InChI=1S/C24H24ClNO5S2/c1-29-22(27)10-12-32-24(33-13-11-23(28)30-2)17-5-3-4-16(14-17)6-9-21-26-19-15-18(25)7-8-20(19)31-21/h3-9,14-15,24H,10-13H2,1-2H3. The Bertz CT molecular complexity index is 1110. The van der Waals surface area contributed by atoms with Crippen molar-refractivity contribution in [2.24, 2.45) is 0 Å². The maximum Gasteiger partial charge on any atom is 0.306 e. The first kappa shape index (κ1) is 25.2. The zero-order valence-electron chi connectivity index (χ0n) is 18.3. The Morgan fingerprint density at radius 3 is 2.39 bits per heavy atom. The van der Waals surface area contributed by atoms with E-state index in [2.05, 4.69) is 11.1 Å². The van der Waals surface area contributed by atoms with E-state index in [1.54, 1.807) is 41.7 Å². The summed E-state index contributed by atoms with van der Waals surface area (Å²) in [5.74, 6) is 1.26. The average molecular weight is 506 g/mol. The molecule has 6 nitrogen and oxygen atoms in total. The molecule has 0 bridgehead atoms. The molecule has 174 valence electrons. The van der Waals surface area contributed by atoms with Crippen LogP contribution in [-0.2, 0) is 19.1 Å². The molecule has 1 aromatic heterocycles. The minimum atomic E-state index is -0.239. The number of methoxy groups -OCH3 is 2. The summed E-state index contributed by atoms with van der Waals surface area (Å²) in [6, 6.07) is 13.4. The molecule has 2 aromatic carbocycles. The van der Waals surface area contributed by atoms with Crippen molar-refractivity contribution < 1.29 is 23.5 Å². The van der Waals surface area contributed by atoms with E-state index in [0.29, 0.717) is 46.4 Å². The maximum atomic E-state index is 11.5. The number of carbonyl (C=O) groups excluding carboxylic acids is 2. The normalized spacial score (nSPS) is 11.4. The van der Waals surface area contributed by atoms with Crippen LogP contribution in [0.4, 0.5) is 0 Å². The number of nitrogens with zero attached hydrogens (tertiary/aromatic N) is 1. The summed E-state index contributed by atoms with van der Waals surface area (Å²) < 4.78 is 15.3. The van der Waals surface area contributed by atoms with E-state index in [1.165, 1.54) is 14.2 Å². The van der Waals surface area contributed by atoms with Gasteiger partial charge in [0.1, 0.15) is 5.52 Å². The van der Waals surface area contributed by atoms with Gasteiger partial charge in [-0.1, -0.05) is 29.8 Å². The summed E-state index contributed by atoms with van der Waals surface area (Å²) in [6.07, 6.45) is 4.41. The monoisotopic (exact) mass is 505 g/mol. The second-order valence-electron chi connectivity index (χ2n) is 6.89. The second kappa shape index (κ2) is 12.7. The molecule has 0 spiro atoms. The SMILES string of the molecule is COC(=O)CCSC(SCCC(=O)OC)c1cccc(C=Cc2nc3cc(Cl)ccc3o2)c1. The average Bonchev–Trinajstić information content (AvgIpc) is 3.23. The predicted molar refractivity (Wildman–Crippen MR) is 135 cm³/mol. The van der Waals surface area contributed by atoms with Gasteiger partial charge in [-0.3, -0.25) is 9.59 Å². The van der Waals surface area contributed by atoms with Gasteiger partial charge in [0.15, 0.2) is 5.58 Å². The van der Waals surface area contributed by atoms with Crippen LogP contribution in [0.25, 0.3) is 23.3 Å². The Hall–Kier alpha value is -2.42. The molecule has 0 saturated heterocycles. The third-order valence-corrected chi connectivity index (χ3v) is 7.65. The van der Waals surface area contributed by atoms with Crippen LogP contribution >= 0.6 is 35.1 Å². The number of benzene rings is 2. The summed E-state index contributed by atoms with van der Waals surface area (Å²) in [6.45, 7) is 0. The van der Waals surface area contributed by atoms with Gasteiger partial charge in [0.25, 0.3) is 0 Å². The zero-order chi connectivity index (χ0) is 23.6. The highest BCUT2D eigenvalue weighted by Crippen LogP contribution is 2.40. The molecule has 0 saturated carbocycles. The molecule has 0 radical (unpaired) electrons. The van der Waals surface area contributed by atoms with Crippen molar-refractivity contribution in [3.63, 3.8) is 0 Å². The van der Waals surface area contributed by atoms with E-state index < -0.39 is 0 Å². The number of rotatable bonds is 11. The number of thioether (sulfide) groups is 2. The van der Waals surface area contributed by atoms with E-state index in [-0.39, 0.29) is 16.5 Å². The lowest BCUT2D eigenvalue weighted by atomic mass is 10.1. The van der Waals surface area contributed by atoms with Crippen molar-refractivity contribution >= 4 is 70.3 Å². The summed E-state index contributed by atoms with van der Waals surface area (Å²) in [4.78, 5) is 27.4. The molecule has 0 aliphatic heterocycles. The molecule has 3 rings (SSSR count). The van der Waals surface area contributed by atoms with Crippen molar-refractivity contribution in [1.82, 2.24) is 4.98 Å². The van der Waals surface area contributed by atoms with Crippen LogP contribution in [0.1, 0.15) is 34.4 Å². The molecule has 0 amide bonds. The summed E-state index contributed by atoms with van der Waals surface area (Å²) in [5, 5.41) is 0.611. The van der Waals surface area contributed by atoms with Gasteiger partial charge in [-0.2, -0.15) is 0 Å². The Balaban J connectivity index is 1.72. The lowest BCUT2D eigenvalue weighted by Gasteiger charge is -2.17. The molecule has 0 aliphatic rings. The fourth-order valence-corrected chi connectivity index (χ4v) is 5.71. The fourth-order valence-electron chi connectivity index (χ4n) is 2.91. The second-order valence-corrected chi connectivity index (χ2v) is 10.1. The summed E-state index contributed by atoms with van der Waals surface area (Å²) in [5.41, 5.74) is 3.46. The molecular formula is C24H24ClNO5S2. The number of hydrogen-bond acceptors (Lipinski definition) is 8. The van der Waals surface area contributed by atoms with Gasteiger partial charge >= 0.3 is 11.9 Å². The molecule has 0 N–H and O–H groups in total. The highest BCUT2D eigenvalue weighted by Gasteiger charge is 2.15. The topological polar surface area (TPSA) is 78.6 Å². The van der Waals surface area contributed by atoms with Crippen LogP contribution in [0.15, 0.2) is 46.9 Å². The third kappa shape index (κ3) is 7.84. The van der Waals surface area contributed by atoms with Crippen molar-refractivity contribution in [1.29, 1.82) is 0 Å². The zero-order valence-corrected chi connectivity index (χ0v) is 20.7. The Labute approximate surface area is 206 Å². The fraction of sp³-hybridized carbons (Fsp3) is 0.292. The Morgan fingerprint density at radius 1 is 1.03 bits per heavy atom. The number of carbonyl (C=O) groups is 2. The first-order valence-electron chi connectivity index (χ1n) is 10.2. The van der Waals surface area contributed by atoms with Crippen molar-refractivity contribution in [3.8, 4) is 0 Å². The van der Waals surface area contributed by atoms with Gasteiger partial charge in [0.05, 0.1) is 31.6 Å². The van der Waals surface area contributed by atoms with Crippen molar-refractivity contribution in [2.75, 3.05) is 25.7 Å². The van der Waals surface area contributed by atoms with Crippen LogP contribution in [0.3, 0.4) is 0 Å². The molecule has 0 fully saturated rings. The maximum absolute atomic E-state index is 11.5. The quantitative estimate of drug-likeness (QED) is 0.224. The number of hydrogen-bond donors (Lipinski definition) is 0. The molecule has 1 heterocycles. The molecule has 0 unspecified atom stereocenters.